The van der Waals surface area contributed by atoms with Crippen molar-refractivity contribution in [2.75, 3.05) is 32.5 Å². The normalized spacial score (nSPS) is 12.8. The van der Waals surface area contributed by atoms with Gasteiger partial charge in [0.05, 0.1) is 6.10 Å². The highest BCUT2D eigenvalue weighted by atomic mass is 19.3. The van der Waals surface area contributed by atoms with Crippen LogP contribution >= 0.6 is 0 Å². The molecule has 0 aliphatic carbocycles. The van der Waals surface area contributed by atoms with Gasteiger partial charge in [-0.05, 0) is 38.4 Å². The summed E-state index contributed by atoms with van der Waals surface area (Å²) in [7, 11) is 3.75. The number of hydrogen-bond donors (Lipinski definition) is 2. The number of rotatable bonds is 7. The van der Waals surface area contributed by atoms with Gasteiger partial charge in [0.2, 0.25) is 0 Å². The molecule has 0 saturated carbocycles. The zero-order valence-electron chi connectivity index (χ0n) is 10.4. The Kier molecular flexibility index (Phi) is 5.80. The van der Waals surface area contributed by atoms with Crippen LogP contribution < -0.4 is 10.1 Å². The van der Waals surface area contributed by atoms with Gasteiger partial charge in [0.15, 0.2) is 0 Å². The van der Waals surface area contributed by atoms with Crippen LogP contribution in [0.1, 0.15) is 0 Å². The molecule has 0 saturated heterocycles. The number of aliphatic hydroxyl groups is 1. The van der Waals surface area contributed by atoms with Crippen LogP contribution in [0, 0.1) is 0 Å². The lowest BCUT2D eigenvalue weighted by molar-refractivity contribution is -0.0498. The summed E-state index contributed by atoms with van der Waals surface area (Å²) < 4.78 is 28.1. The SMILES string of the molecule is CN(C)CC(O)CNc1ccc(OC(F)F)cc1. The van der Waals surface area contributed by atoms with Crippen molar-refractivity contribution in [1.29, 1.82) is 0 Å². The molecule has 4 nitrogen and oxygen atoms in total. The van der Waals surface area contributed by atoms with E-state index in [-0.39, 0.29) is 5.75 Å². The molecule has 1 aromatic carbocycles. The summed E-state index contributed by atoms with van der Waals surface area (Å²) in [6.07, 6.45) is -0.489. The van der Waals surface area contributed by atoms with Crippen molar-refractivity contribution >= 4 is 5.69 Å². The number of ether oxygens (including phenoxy) is 1. The number of alkyl halides is 2. The molecule has 18 heavy (non-hydrogen) atoms. The van der Waals surface area contributed by atoms with Gasteiger partial charge in [-0.2, -0.15) is 8.78 Å². The van der Waals surface area contributed by atoms with E-state index in [2.05, 4.69) is 10.1 Å². The largest absolute Gasteiger partial charge is 0.435 e. The van der Waals surface area contributed by atoms with Crippen molar-refractivity contribution in [3.63, 3.8) is 0 Å². The van der Waals surface area contributed by atoms with Crippen molar-refractivity contribution in [3.05, 3.63) is 24.3 Å². The minimum atomic E-state index is -2.81. The summed E-state index contributed by atoms with van der Waals surface area (Å²) in [5, 5.41) is 12.6. The fourth-order valence-corrected chi connectivity index (χ4v) is 1.48. The molecule has 0 amide bonds. The molecule has 1 aromatic rings. The lowest BCUT2D eigenvalue weighted by atomic mass is 10.2. The quantitative estimate of drug-likeness (QED) is 0.782. The number of aliphatic hydroxyl groups excluding tert-OH is 1. The molecular formula is C12H18F2N2O2. The third-order valence-corrected chi connectivity index (χ3v) is 2.20. The van der Waals surface area contributed by atoms with Crippen LogP contribution in [0.15, 0.2) is 24.3 Å². The second-order valence-corrected chi connectivity index (χ2v) is 4.20. The predicted octanol–water partition coefficient (Wildman–Crippen LogP) is 1.62. The molecule has 0 aliphatic rings. The highest BCUT2D eigenvalue weighted by Gasteiger charge is 2.06. The Morgan fingerprint density at radius 2 is 1.89 bits per heavy atom. The van der Waals surface area contributed by atoms with Gasteiger partial charge in [-0.1, -0.05) is 0 Å². The van der Waals surface area contributed by atoms with Crippen LogP contribution in [-0.4, -0.2) is 49.9 Å². The number of anilines is 1. The van der Waals surface area contributed by atoms with E-state index in [1.807, 2.05) is 19.0 Å². The lowest BCUT2D eigenvalue weighted by Crippen LogP contribution is -2.31. The van der Waals surface area contributed by atoms with Gasteiger partial charge in [-0.3, -0.25) is 0 Å². The van der Waals surface area contributed by atoms with E-state index in [9.17, 15) is 13.9 Å². The molecular weight excluding hydrogens is 242 g/mol. The van der Waals surface area contributed by atoms with E-state index in [4.69, 9.17) is 0 Å². The molecule has 0 spiro atoms. The third kappa shape index (κ3) is 5.79. The maximum atomic E-state index is 11.9. The molecule has 0 aliphatic heterocycles. The van der Waals surface area contributed by atoms with Gasteiger partial charge >= 0.3 is 6.61 Å². The Balaban J connectivity index is 2.39. The summed E-state index contributed by atoms with van der Waals surface area (Å²) in [5.74, 6) is 0.115. The van der Waals surface area contributed by atoms with E-state index in [0.29, 0.717) is 13.1 Å². The Labute approximate surface area is 105 Å². The van der Waals surface area contributed by atoms with Crippen molar-refractivity contribution in [2.45, 2.75) is 12.7 Å². The van der Waals surface area contributed by atoms with Crippen molar-refractivity contribution in [3.8, 4) is 5.75 Å². The highest BCUT2D eigenvalue weighted by molar-refractivity contribution is 5.46. The molecule has 0 radical (unpaired) electrons. The summed E-state index contributed by atoms with van der Waals surface area (Å²) in [6, 6.07) is 6.15. The first kappa shape index (κ1) is 14.7. The lowest BCUT2D eigenvalue weighted by Gasteiger charge is -2.17. The zero-order chi connectivity index (χ0) is 13.5. The van der Waals surface area contributed by atoms with E-state index in [0.717, 1.165) is 5.69 Å². The van der Waals surface area contributed by atoms with Crippen LogP contribution in [0.25, 0.3) is 0 Å². The summed E-state index contributed by atoms with van der Waals surface area (Å²) in [6.45, 7) is -1.86. The topological polar surface area (TPSA) is 44.7 Å². The van der Waals surface area contributed by atoms with Crippen molar-refractivity contribution in [1.82, 2.24) is 4.90 Å². The van der Waals surface area contributed by atoms with Crippen LogP contribution in [0.2, 0.25) is 0 Å². The second-order valence-electron chi connectivity index (χ2n) is 4.20. The molecule has 0 fully saturated rings. The van der Waals surface area contributed by atoms with Crippen molar-refractivity contribution < 1.29 is 18.6 Å². The van der Waals surface area contributed by atoms with E-state index < -0.39 is 12.7 Å². The van der Waals surface area contributed by atoms with Gasteiger partial charge in [-0.15, -0.1) is 0 Å². The van der Waals surface area contributed by atoms with Crippen LogP contribution in [0.3, 0.4) is 0 Å². The monoisotopic (exact) mass is 260 g/mol. The predicted molar refractivity (Wildman–Crippen MR) is 66.1 cm³/mol. The van der Waals surface area contributed by atoms with Gasteiger partial charge < -0.3 is 20.1 Å². The molecule has 6 heteroatoms. The molecule has 1 rings (SSSR count). The molecule has 2 N–H and O–H groups in total. The first-order valence-corrected chi connectivity index (χ1v) is 5.59. The molecule has 1 unspecified atom stereocenters. The number of nitrogens with one attached hydrogen (secondary N) is 1. The van der Waals surface area contributed by atoms with E-state index in [1.54, 1.807) is 12.1 Å². The fraction of sp³-hybridized carbons (Fsp3) is 0.500. The standard InChI is InChI=1S/C12H18F2N2O2/c1-16(2)8-10(17)7-15-9-3-5-11(6-4-9)18-12(13)14/h3-6,10,12,15,17H,7-8H2,1-2H3. The Bertz CT molecular complexity index is 344. The maximum absolute atomic E-state index is 11.9. The van der Waals surface area contributed by atoms with Crippen molar-refractivity contribution in [2.24, 2.45) is 0 Å². The molecule has 0 heterocycles. The number of halogens is 2. The molecule has 0 bridgehead atoms. The fourth-order valence-electron chi connectivity index (χ4n) is 1.48. The number of likely N-dealkylation sites (N-methyl/N-ethyl adjacent to an activating group) is 1. The van der Waals surface area contributed by atoms with Gasteiger partial charge in [0.25, 0.3) is 0 Å². The third-order valence-electron chi connectivity index (χ3n) is 2.20. The van der Waals surface area contributed by atoms with E-state index in [1.165, 1.54) is 12.1 Å². The number of hydrogen-bond acceptors (Lipinski definition) is 4. The summed E-state index contributed by atoms with van der Waals surface area (Å²) >= 11 is 0. The van der Waals surface area contributed by atoms with Crippen LogP contribution in [0.5, 0.6) is 5.75 Å². The summed E-state index contributed by atoms with van der Waals surface area (Å²) in [5.41, 5.74) is 0.745. The van der Waals surface area contributed by atoms with Gasteiger partial charge in [0.1, 0.15) is 5.75 Å². The molecule has 1 atom stereocenters. The van der Waals surface area contributed by atoms with Crippen LogP contribution in [0.4, 0.5) is 14.5 Å². The van der Waals surface area contributed by atoms with Gasteiger partial charge in [-0.25, -0.2) is 0 Å². The Morgan fingerprint density at radius 3 is 2.39 bits per heavy atom. The highest BCUT2D eigenvalue weighted by Crippen LogP contribution is 2.17. The van der Waals surface area contributed by atoms with Gasteiger partial charge in [0, 0.05) is 18.8 Å². The van der Waals surface area contributed by atoms with Crippen LogP contribution in [-0.2, 0) is 0 Å². The zero-order valence-corrected chi connectivity index (χ0v) is 10.4. The minimum absolute atomic E-state index is 0.115. The number of nitrogens with zero attached hydrogens (tertiary/aromatic N) is 1. The minimum Gasteiger partial charge on any atom is -0.435 e. The summed E-state index contributed by atoms with van der Waals surface area (Å²) in [4.78, 5) is 1.88. The Hall–Kier alpha value is -1.40. The smallest absolute Gasteiger partial charge is 0.387 e. The molecule has 0 aromatic heterocycles. The Morgan fingerprint density at radius 1 is 1.28 bits per heavy atom. The number of benzene rings is 1. The average Bonchev–Trinajstić information content (AvgIpc) is 2.26. The second kappa shape index (κ2) is 7.13. The first-order valence-electron chi connectivity index (χ1n) is 5.59. The maximum Gasteiger partial charge on any atom is 0.387 e. The first-order chi connectivity index (χ1) is 8.47. The average molecular weight is 260 g/mol. The molecule has 102 valence electrons. The van der Waals surface area contributed by atoms with E-state index >= 15 is 0 Å².